The first-order valence-electron chi connectivity index (χ1n) is 4.09. The predicted octanol–water partition coefficient (Wildman–Crippen LogP) is 3.43. The fourth-order valence-electron chi connectivity index (χ4n) is 1.15. The van der Waals surface area contributed by atoms with Gasteiger partial charge in [0.05, 0.1) is 22.2 Å². The average Bonchev–Trinajstić information content (AvgIpc) is 2.15. The fraction of sp³-hybridized carbons (Fsp3) is 0.200. The molecule has 0 saturated carbocycles. The van der Waals surface area contributed by atoms with Gasteiger partial charge in [-0.3, -0.25) is 4.79 Å². The third-order valence-electron chi connectivity index (χ3n) is 1.89. The van der Waals surface area contributed by atoms with Crippen molar-refractivity contribution >= 4 is 17.4 Å². The number of rotatable bonds is 1. The molecular weight excluding hydrogens is 243 g/mol. The van der Waals surface area contributed by atoms with E-state index in [-0.39, 0.29) is 11.1 Å². The van der Waals surface area contributed by atoms with E-state index in [9.17, 15) is 18.0 Å². The summed E-state index contributed by atoms with van der Waals surface area (Å²) in [4.78, 5) is 11.1. The van der Waals surface area contributed by atoms with Crippen molar-refractivity contribution in [3.05, 3.63) is 33.8 Å². The molecule has 0 aliphatic carbocycles. The minimum Gasteiger partial charge on any atom is -0.294 e. The minimum atomic E-state index is -4.69. The molecule has 0 radical (unpaired) electrons. The maximum absolute atomic E-state index is 12.5. The fourth-order valence-corrected chi connectivity index (χ4v) is 1.50. The van der Waals surface area contributed by atoms with Gasteiger partial charge >= 0.3 is 6.18 Å². The van der Waals surface area contributed by atoms with E-state index in [0.717, 1.165) is 13.0 Å². The quantitative estimate of drug-likeness (QED) is 0.714. The first-order chi connectivity index (χ1) is 7.27. The summed E-state index contributed by atoms with van der Waals surface area (Å²) in [5.74, 6) is -0.618. The highest BCUT2D eigenvalue weighted by Crippen LogP contribution is 2.37. The molecule has 1 aromatic rings. The van der Waals surface area contributed by atoms with Crippen LogP contribution in [0, 0.1) is 11.3 Å². The molecule has 0 aliphatic rings. The van der Waals surface area contributed by atoms with E-state index >= 15 is 0 Å². The largest absolute Gasteiger partial charge is 0.417 e. The molecule has 0 saturated heterocycles. The number of ketones is 1. The van der Waals surface area contributed by atoms with Gasteiger partial charge in [0.2, 0.25) is 0 Å². The topological polar surface area (TPSA) is 40.9 Å². The number of carbonyl (C=O) groups is 1. The van der Waals surface area contributed by atoms with Crippen molar-refractivity contribution < 1.29 is 18.0 Å². The molecule has 0 heterocycles. The van der Waals surface area contributed by atoms with Gasteiger partial charge in [-0.2, -0.15) is 18.4 Å². The minimum absolute atomic E-state index is 0.248. The van der Waals surface area contributed by atoms with Gasteiger partial charge in [-0.15, -0.1) is 0 Å². The van der Waals surface area contributed by atoms with Crippen LogP contribution in [0.15, 0.2) is 12.1 Å². The van der Waals surface area contributed by atoms with Crippen LogP contribution in [0.2, 0.25) is 5.02 Å². The molecule has 0 aliphatic heterocycles. The van der Waals surface area contributed by atoms with Crippen LogP contribution in [0.3, 0.4) is 0 Å². The van der Waals surface area contributed by atoms with E-state index in [2.05, 4.69) is 0 Å². The molecule has 0 amide bonds. The standard InChI is InChI=1S/C10H5ClF3NO/c1-5(16)7-2-6(4-15)3-8(9(7)11)10(12,13)14/h2-3H,1H3. The summed E-state index contributed by atoms with van der Waals surface area (Å²) >= 11 is 5.47. The number of alkyl halides is 3. The van der Waals surface area contributed by atoms with Crippen LogP contribution in [0.5, 0.6) is 0 Å². The molecule has 0 fully saturated rings. The van der Waals surface area contributed by atoms with Gasteiger partial charge in [0.25, 0.3) is 0 Å². The van der Waals surface area contributed by atoms with Crippen LogP contribution < -0.4 is 0 Å². The zero-order valence-corrected chi connectivity index (χ0v) is 8.78. The normalized spacial score (nSPS) is 11.0. The molecule has 16 heavy (non-hydrogen) atoms. The average molecular weight is 248 g/mol. The molecule has 2 nitrogen and oxygen atoms in total. The number of benzene rings is 1. The van der Waals surface area contributed by atoms with Crippen molar-refractivity contribution in [1.29, 1.82) is 5.26 Å². The van der Waals surface area contributed by atoms with Gasteiger partial charge < -0.3 is 0 Å². The van der Waals surface area contributed by atoms with Gasteiger partial charge in [0.1, 0.15) is 0 Å². The van der Waals surface area contributed by atoms with Crippen LogP contribution in [0.4, 0.5) is 13.2 Å². The maximum atomic E-state index is 12.5. The molecule has 0 bridgehead atoms. The molecule has 1 rings (SSSR count). The molecule has 0 N–H and O–H groups in total. The Labute approximate surface area is 94.2 Å². The van der Waals surface area contributed by atoms with Crippen LogP contribution >= 0.6 is 11.6 Å². The van der Waals surface area contributed by atoms with Crippen LogP contribution in [-0.4, -0.2) is 5.78 Å². The zero-order chi connectivity index (χ0) is 12.5. The van der Waals surface area contributed by atoms with E-state index in [1.165, 1.54) is 0 Å². The Morgan fingerprint density at radius 2 is 2.00 bits per heavy atom. The first-order valence-corrected chi connectivity index (χ1v) is 4.47. The number of nitriles is 1. The lowest BCUT2D eigenvalue weighted by molar-refractivity contribution is -0.137. The summed E-state index contributed by atoms with van der Waals surface area (Å²) < 4.78 is 37.5. The van der Waals surface area contributed by atoms with Gasteiger partial charge in [-0.05, 0) is 19.1 Å². The Morgan fingerprint density at radius 3 is 2.38 bits per heavy atom. The second kappa shape index (κ2) is 4.14. The highest BCUT2D eigenvalue weighted by atomic mass is 35.5. The van der Waals surface area contributed by atoms with Crippen molar-refractivity contribution in [3.63, 3.8) is 0 Å². The Bertz CT molecular complexity index is 488. The van der Waals surface area contributed by atoms with E-state index in [4.69, 9.17) is 16.9 Å². The Balaban J connectivity index is 3.58. The molecule has 0 atom stereocenters. The number of nitrogens with zero attached hydrogens (tertiary/aromatic N) is 1. The SMILES string of the molecule is CC(=O)c1cc(C#N)cc(C(F)(F)F)c1Cl. The van der Waals surface area contributed by atoms with Crippen molar-refractivity contribution in [1.82, 2.24) is 0 Å². The van der Waals surface area contributed by atoms with Gasteiger partial charge in [0, 0.05) is 5.56 Å². The van der Waals surface area contributed by atoms with E-state index in [1.807, 2.05) is 0 Å². The van der Waals surface area contributed by atoms with E-state index in [0.29, 0.717) is 6.07 Å². The van der Waals surface area contributed by atoms with Crippen LogP contribution in [0.25, 0.3) is 0 Å². The number of Topliss-reactive ketones (excluding diaryl/α,β-unsaturated/α-hetero) is 1. The summed E-state index contributed by atoms with van der Waals surface area (Å²) in [6, 6.07) is 3.21. The predicted molar refractivity (Wildman–Crippen MR) is 51.2 cm³/mol. The summed E-state index contributed by atoms with van der Waals surface area (Å²) in [7, 11) is 0. The number of hydrogen-bond acceptors (Lipinski definition) is 2. The smallest absolute Gasteiger partial charge is 0.294 e. The lowest BCUT2D eigenvalue weighted by Gasteiger charge is -2.11. The van der Waals surface area contributed by atoms with Crippen LogP contribution in [0.1, 0.15) is 28.4 Å². The summed E-state index contributed by atoms with van der Waals surface area (Å²) in [5.41, 5.74) is -1.71. The Hall–Kier alpha value is -1.54. The van der Waals surface area contributed by atoms with Crippen molar-refractivity contribution in [3.8, 4) is 6.07 Å². The zero-order valence-electron chi connectivity index (χ0n) is 8.02. The molecule has 0 spiro atoms. The van der Waals surface area contributed by atoms with E-state index < -0.39 is 22.5 Å². The van der Waals surface area contributed by atoms with Crippen molar-refractivity contribution in [2.75, 3.05) is 0 Å². The second-order valence-electron chi connectivity index (χ2n) is 3.05. The number of halogens is 4. The summed E-state index contributed by atoms with van der Waals surface area (Å²) in [6.45, 7) is 1.09. The molecule has 6 heteroatoms. The third-order valence-corrected chi connectivity index (χ3v) is 2.29. The van der Waals surface area contributed by atoms with Gasteiger partial charge in [-0.1, -0.05) is 11.6 Å². The Kier molecular flexibility index (Phi) is 3.24. The van der Waals surface area contributed by atoms with Crippen molar-refractivity contribution in [2.45, 2.75) is 13.1 Å². The number of hydrogen-bond donors (Lipinski definition) is 0. The molecular formula is C10H5ClF3NO. The summed E-state index contributed by atoms with van der Waals surface area (Å²) in [5, 5.41) is 7.89. The molecule has 0 aromatic heterocycles. The highest BCUT2D eigenvalue weighted by Gasteiger charge is 2.35. The lowest BCUT2D eigenvalue weighted by Crippen LogP contribution is -2.09. The lowest BCUT2D eigenvalue weighted by atomic mass is 10.0. The monoisotopic (exact) mass is 247 g/mol. The first kappa shape index (κ1) is 12.5. The van der Waals surface area contributed by atoms with E-state index in [1.54, 1.807) is 6.07 Å². The number of carbonyl (C=O) groups excluding carboxylic acids is 1. The molecule has 84 valence electrons. The van der Waals surface area contributed by atoms with Crippen molar-refractivity contribution in [2.24, 2.45) is 0 Å². The van der Waals surface area contributed by atoms with Gasteiger partial charge in [0.15, 0.2) is 5.78 Å². The maximum Gasteiger partial charge on any atom is 0.417 e. The second-order valence-corrected chi connectivity index (χ2v) is 3.43. The molecule has 0 unspecified atom stereocenters. The third kappa shape index (κ3) is 2.34. The van der Waals surface area contributed by atoms with Gasteiger partial charge in [-0.25, -0.2) is 0 Å². The van der Waals surface area contributed by atoms with Crippen LogP contribution in [-0.2, 0) is 6.18 Å². The summed E-state index contributed by atoms with van der Waals surface area (Å²) in [6.07, 6.45) is -4.69. The highest BCUT2D eigenvalue weighted by molar-refractivity contribution is 6.34. The Morgan fingerprint density at radius 1 is 1.44 bits per heavy atom. The molecule has 1 aromatic carbocycles.